The Bertz CT molecular complexity index is 109. The SMILES string of the molecule is CCCCCCCCCCCCOCCI.[NaH]. The van der Waals surface area contributed by atoms with Crippen LogP contribution in [0, 0.1) is 0 Å². The minimum absolute atomic E-state index is 0. The Morgan fingerprint density at radius 3 is 1.65 bits per heavy atom. The molecule has 0 amide bonds. The first-order valence-corrected chi connectivity index (χ1v) is 8.58. The zero-order chi connectivity index (χ0) is 11.9. The van der Waals surface area contributed by atoms with Crippen molar-refractivity contribution in [3.63, 3.8) is 0 Å². The fraction of sp³-hybridized carbons (Fsp3) is 1.00. The van der Waals surface area contributed by atoms with Crippen LogP contribution in [0.2, 0.25) is 0 Å². The van der Waals surface area contributed by atoms with Crippen molar-refractivity contribution in [2.45, 2.75) is 71.1 Å². The van der Waals surface area contributed by atoms with Crippen LogP contribution in [0.1, 0.15) is 71.1 Å². The topological polar surface area (TPSA) is 9.23 Å². The van der Waals surface area contributed by atoms with Crippen molar-refractivity contribution >= 4 is 52.1 Å². The number of rotatable bonds is 13. The standard InChI is InChI=1S/C14H29IO.Na.H/c1-2-3-4-5-6-7-8-9-10-11-13-16-14-12-15;;/h2-14H2,1H3;;. The van der Waals surface area contributed by atoms with Gasteiger partial charge < -0.3 is 4.74 Å². The molecule has 0 atom stereocenters. The van der Waals surface area contributed by atoms with Gasteiger partial charge in [0, 0.05) is 11.0 Å². The number of unbranched alkanes of at least 4 members (excludes halogenated alkanes) is 9. The third kappa shape index (κ3) is 20.2. The van der Waals surface area contributed by atoms with Crippen LogP contribution in [0.25, 0.3) is 0 Å². The van der Waals surface area contributed by atoms with Gasteiger partial charge in [0.2, 0.25) is 0 Å². The summed E-state index contributed by atoms with van der Waals surface area (Å²) in [6.07, 6.45) is 14.0. The Morgan fingerprint density at radius 2 is 1.18 bits per heavy atom. The minimum atomic E-state index is 0. The first kappa shape index (κ1) is 21.0. The molecule has 0 aliphatic carbocycles. The molecule has 0 bridgehead atoms. The number of halogens is 1. The van der Waals surface area contributed by atoms with Crippen molar-refractivity contribution in [1.29, 1.82) is 0 Å². The molecular weight excluding hydrogens is 334 g/mol. The normalized spacial score (nSPS) is 10.2. The fourth-order valence-electron chi connectivity index (χ4n) is 1.85. The van der Waals surface area contributed by atoms with Crippen molar-refractivity contribution in [2.75, 3.05) is 17.6 Å². The van der Waals surface area contributed by atoms with Crippen molar-refractivity contribution in [3.05, 3.63) is 0 Å². The maximum atomic E-state index is 5.45. The Labute approximate surface area is 144 Å². The molecule has 0 saturated carbocycles. The first-order valence-electron chi connectivity index (χ1n) is 7.05. The van der Waals surface area contributed by atoms with Crippen molar-refractivity contribution < 1.29 is 4.74 Å². The van der Waals surface area contributed by atoms with Crippen molar-refractivity contribution in [2.24, 2.45) is 0 Å². The van der Waals surface area contributed by atoms with Crippen LogP contribution in [-0.2, 0) is 4.74 Å². The average Bonchev–Trinajstić information content (AvgIpc) is 2.31. The second-order valence-electron chi connectivity index (χ2n) is 4.48. The van der Waals surface area contributed by atoms with Gasteiger partial charge in [-0.1, -0.05) is 87.3 Å². The number of ether oxygens (including phenoxy) is 1. The van der Waals surface area contributed by atoms with Gasteiger partial charge in [0.1, 0.15) is 0 Å². The monoisotopic (exact) mass is 364 g/mol. The third-order valence-electron chi connectivity index (χ3n) is 2.86. The molecule has 0 aliphatic rings. The molecule has 17 heavy (non-hydrogen) atoms. The zero-order valence-electron chi connectivity index (χ0n) is 11.0. The summed E-state index contributed by atoms with van der Waals surface area (Å²) in [5.74, 6) is 0. The van der Waals surface area contributed by atoms with Gasteiger partial charge in [-0.3, -0.25) is 0 Å². The van der Waals surface area contributed by atoms with Crippen LogP contribution in [0.4, 0.5) is 0 Å². The molecule has 3 heteroatoms. The van der Waals surface area contributed by atoms with E-state index in [0.29, 0.717) is 0 Å². The van der Waals surface area contributed by atoms with Gasteiger partial charge in [0.25, 0.3) is 0 Å². The molecule has 0 unspecified atom stereocenters. The molecule has 0 heterocycles. The molecule has 0 fully saturated rings. The zero-order valence-corrected chi connectivity index (χ0v) is 13.1. The van der Waals surface area contributed by atoms with E-state index >= 15 is 0 Å². The maximum absolute atomic E-state index is 5.45. The molecule has 0 aromatic rings. The molecule has 0 N–H and O–H groups in total. The van der Waals surface area contributed by atoms with Crippen molar-refractivity contribution in [3.8, 4) is 0 Å². The molecule has 0 radical (unpaired) electrons. The predicted octanol–water partition coefficient (Wildman–Crippen LogP) is 4.71. The second kappa shape index (κ2) is 20.0. The Balaban J connectivity index is 0. The quantitative estimate of drug-likeness (QED) is 0.199. The van der Waals surface area contributed by atoms with Crippen LogP contribution >= 0.6 is 22.6 Å². The van der Waals surface area contributed by atoms with E-state index in [1.807, 2.05) is 0 Å². The predicted molar refractivity (Wildman–Crippen MR) is 88.7 cm³/mol. The summed E-state index contributed by atoms with van der Waals surface area (Å²) in [5, 5.41) is 0. The first-order chi connectivity index (χ1) is 7.91. The van der Waals surface area contributed by atoms with E-state index in [4.69, 9.17) is 4.74 Å². The van der Waals surface area contributed by atoms with Crippen LogP contribution in [-0.4, -0.2) is 47.2 Å². The molecule has 0 spiro atoms. The summed E-state index contributed by atoms with van der Waals surface area (Å²) < 4.78 is 6.57. The molecule has 1 nitrogen and oxygen atoms in total. The Hall–Kier alpha value is 1.69. The second-order valence-corrected chi connectivity index (χ2v) is 5.56. The van der Waals surface area contributed by atoms with Crippen LogP contribution < -0.4 is 0 Å². The third-order valence-corrected chi connectivity index (χ3v) is 3.30. The molecule has 100 valence electrons. The van der Waals surface area contributed by atoms with Gasteiger partial charge in [-0.15, -0.1) is 0 Å². The van der Waals surface area contributed by atoms with Gasteiger partial charge in [-0.25, -0.2) is 0 Å². The number of hydrogen-bond donors (Lipinski definition) is 0. The summed E-state index contributed by atoms with van der Waals surface area (Å²) in [6.45, 7) is 4.18. The van der Waals surface area contributed by atoms with Crippen LogP contribution in [0.15, 0.2) is 0 Å². The van der Waals surface area contributed by atoms with Crippen LogP contribution in [0.5, 0.6) is 0 Å². The van der Waals surface area contributed by atoms with E-state index in [9.17, 15) is 0 Å². The van der Waals surface area contributed by atoms with Gasteiger partial charge in [-0.05, 0) is 6.42 Å². The van der Waals surface area contributed by atoms with E-state index in [0.717, 1.165) is 17.6 Å². The summed E-state index contributed by atoms with van der Waals surface area (Å²) >= 11 is 2.36. The number of hydrogen-bond acceptors (Lipinski definition) is 1. The Kier molecular flexibility index (Phi) is 24.7. The molecule has 0 saturated heterocycles. The van der Waals surface area contributed by atoms with E-state index < -0.39 is 0 Å². The molecule has 0 rings (SSSR count). The van der Waals surface area contributed by atoms with E-state index in [1.165, 1.54) is 64.2 Å². The van der Waals surface area contributed by atoms with E-state index in [-0.39, 0.29) is 29.6 Å². The van der Waals surface area contributed by atoms with Crippen LogP contribution in [0.3, 0.4) is 0 Å². The number of alkyl halides is 1. The summed E-state index contributed by atoms with van der Waals surface area (Å²) in [4.78, 5) is 0. The Morgan fingerprint density at radius 1 is 0.706 bits per heavy atom. The molecule has 0 aromatic heterocycles. The fourth-order valence-corrected chi connectivity index (χ4v) is 2.16. The van der Waals surface area contributed by atoms with Crippen molar-refractivity contribution in [1.82, 2.24) is 0 Å². The molecule has 0 aliphatic heterocycles. The van der Waals surface area contributed by atoms with E-state index in [1.54, 1.807) is 0 Å². The summed E-state index contributed by atoms with van der Waals surface area (Å²) in [5.41, 5.74) is 0. The van der Waals surface area contributed by atoms with Gasteiger partial charge in [-0.2, -0.15) is 0 Å². The molecular formula is C14H30INaO. The summed E-state index contributed by atoms with van der Waals surface area (Å²) in [6, 6.07) is 0. The molecule has 0 aromatic carbocycles. The van der Waals surface area contributed by atoms with Gasteiger partial charge >= 0.3 is 29.6 Å². The van der Waals surface area contributed by atoms with Gasteiger partial charge in [0.05, 0.1) is 6.61 Å². The van der Waals surface area contributed by atoms with Gasteiger partial charge in [0.15, 0.2) is 0 Å². The average molecular weight is 364 g/mol. The summed E-state index contributed by atoms with van der Waals surface area (Å²) in [7, 11) is 0. The van der Waals surface area contributed by atoms with E-state index in [2.05, 4.69) is 29.5 Å².